The Balaban J connectivity index is 2.25. The third kappa shape index (κ3) is 4.18. The molecule has 0 bridgehead atoms. The number of rotatable bonds is 5. The van der Waals surface area contributed by atoms with Gasteiger partial charge in [0, 0.05) is 0 Å². The van der Waals surface area contributed by atoms with E-state index in [1.54, 1.807) is 12.1 Å². The van der Waals surface area contributed by atoms with Gasteiger partial charge in [-0.15, -0.1) is 11.8 Å². The molecule has 0 aliphatic carbocycles. The molecular formula is C10H12O3S. The molecule has 0 aliphatic rings. The van der Waals surface area contributed by atoms with E-state index in [0.29, 0.717) is 0 Å². The molecule has 0 unspecified atom stereocenters. The van der Waals surface area contributed by atoms with E-state index in [0.717, 1.165) is 17.7 Å². The summed E-state index contributed by atoms with van der Waals surface area (Å²) in [6.45, 7) is 0. The molecule has 0 radical (unpaired) electrons. The van der Waals surface area contributed by atoms with Crippen LogP contribution in [0.4, 0.5) is 0 Å². The van der Waals surface area contributed by atoms with E-state index in [1.165, 1.54) is 11.8 Å². The summed E-state index contributed by atoms with van der Waals surface area (Å²) in [5, 5.41) is 17.4. The minimum atomic E-state index is -0.777. The largest absolute Gasteiger partial charge is 0.508 e. The van der Waals surface area contributed by atoms with Gasteiger partial charge in [0.1, 0.15) is 5.75 Å². The topological polar surface area (TPSA) is 57.5 Å². The highest BCUT2D eigenvalue weighted by molar-refractivity contribution is 7.99. The molecule has 0 fully saturated rings. The Kier molecular flexibility index (Phi) is 4.32. The fourth-order valence-electron chi connectivity index (χ4n) is 1.01. The van der Waals surface area contributed by atoms with E-state index in [4.69, 9.17) is 10.2 Å². The number of hydrogen-bond donors (Lipinski definition) is 2. The summed E-state index contributed by atoms with van der Waals surface area (Å²) in [5.74, 6) is 0.419. The quantitative estimate of drug-likeness (QED) is 0.730. The first-order chi connectivity index (χ1) is 6.68. The lowest BCUT2D eigenvalue weighted by Gasteiger charge is -2.00. The number of carboxylic acids is 1. The number of benzene rings is 1. The molecule has 3 nitrogen and oxygen atoms in total. The average molecular weight is 212 g/mol. The number of carbonyl (C=O) groups is 1. The number of phenolic OH excluding ortho intramolecular Hbond substituents is 1. The highest BCUT2D eigenvalue weighted by Gasteiger charge is 1.97. The van der Waals surface area contributed by atoms with E-state index in [2.05, 4.69) is 0 Å². The number of aryl methyl sites for hydroxylation is 1. The van der Waals surface area contributed by atoms with Crippen LogP contribution in [-0.2, 0) is 11.2 Å². The van der Waals surface area contributed by atoms with Crippen molar-refractivity contribution in [1.82, 2.24) is 0 Å². The molecule has 0 saturated carbocycles. The Morgan fingerprint density at radius 3 is 2.50 bits per heavy atom. The third-order valence-corrected chi connectivity index (χ3v) is 2.64. The number of hydrogen-bond acceptors (Lipinski definition) is 3. The monoisotopic (exact) mass is 212 g/mol. The summed E-state index contributed by atoms with van der Waals surface area (Å²) in [5.41, 5.74) is 1.11. The molecule has 76 valence electrons. The van der Waals surface area contributed by atoms with Gasteiger partial charge in [0.2, 0.25) is 0 Å². The van der Waals surface area contributed by atoms with Gasteiger partial charge in [-0.2, -0.15) is 0 Å². The third-order valence-electron chi connectivity index (χ3n) is 1.70. The van der Waals surface area contributed by atoms with Crippen LogP contribution >= 0.6 is 11.8 Å². The average Bonchev–Trinajstić information content (AvgIpc) is 2.15. The van der Waals surface area contributed by atoms with Crippen LogP contribution in [0.25, 0.3) is 0 Å². The SMILES string of the molecule is O=C(O)CSCCc1ccc(O)cc1. The molecule has 1 aromatic carbocycles. The number of aromatic hydroxyl groups is 1. The molecule has 4 heteroatoms. The summed E-state index contributed by atoms with van der Waals surface area (Å²) < 4.78 is 0. The number of aliphatic carboxylic acids is 1. The molecule has 0 heterocycles. The molecule has 0 atom stereocenters. The van der Waals surface area contributed by atoms with Crippen LogP contribution in [0.5, 0.6) is 5.75 Å². The lowest BCUT2D eigenvalue weighted by Crippen LogP contribution is -1.99. The molecule has 1 aromatic rings. The molecule has 0 spiro atoms. The lowest BCUT2D eigenvalue weighted by atomic mass is 10.2. The van der Waals surface area contributed by atoms with Crippen molar-refractivity contribution in [3.05, 3.63) is 29.8 Å². The van der Waals surface area contributed by atoms with E-state index in [1.807, 2.05) is 12.1 Å². The smallest absolute Gasteiger partial charge is 0.313 e. The van der Waals surface area contributed by atoms with Crippen molar-refractivity contribution >= 4 is 17.7 Å². The van der Waals surface area contributed by atoms with Crippen LogP contribution in [-0.4, -0.2) is 27.7 Å². The van der Waals surface area contributed by atoms with Gasteiger partial charge < -0.3 is 10.2 Å². The van der Waals surface area contributed by atoms with E-state index in [9.17, 15) is 4.79 Å². The van der Waals surface area contributed by atoms with Crippen LogP contribution in [0.1, 0.15) is 5.56 Å². The number of carboxylic acid groups (broad SMARTS) is 1. The Morgan fingerprint density at radius 1 is 1.29 bits per heavy atom. The van der Waals surface area contributed by atoms with Crippen LogP contribution in [0, 0.1) is 0 Å². The number of phenols is 1. The van der Waals surface area contributed by atoms with Gasteiger partial charge in [0.05, 0.1) is 5.75 Å². The van der Waals surface area contributed by atoms with Crippen molar-refractivity contribution in [1.29, 1.82) is 0 Å². The van der Waals surface area contributed by atoms with Gasteiger partial charge in [-0.3, -0.25) is 4.79 Å². The number of thioether (sulfide) groups is 1. The first-order valence-electron chi connectivity index (χ1n) is 4.26. The van der Waals surface area contributed by atoms with Gasteiger partial charge in [-0.1, -0.05) is 12.1 Å². The fourth-order valence-corrected chi connectivity index (χ4v) is 1.71. The van der Waals surface area contributed by atoms with Crippen LogP contribution < -0.4 is 0 Å². The van der Waals surface area contributed by atoms with Crippen molar-refractivity contribution in [3.63, 3.8) is 0 Å². The second-order valence-electron chi connectivity index (χ2n) is 2.86. The van der Waals surface area contributed by atoms with Crippen molar-refractivity contribution in [2.24, 2.45) is 0 Å². The van der Waals surface area contributed by atoms with Gasteiger partial charge in [-0.05, 0) is 29.9 Å². The molecule has 0 saturated heterocycles. The first kappa shape index (κ1) is 10.9. The summed E-state index contributed by atoms with van der Waals surface area (Å²) in [4.78, 5) is 10.2. The highest BCUT2D eigenvalue weighted by Crippen LogP contribution is 2.12. The van der Waals surface area contributed by atoms with Gasteiger partial charge in [0.25, 0.3) is 0 Å². The zero-order valence-corrected chi connectivity index (χ0v) is 8.46. The molecular weight excluding hydrogens is 200 g/mol. The predicted octanol–water partition coefficient (Wildman–Crippen LogP) is 1.75. The van der Waals surface area contributed by atoms with Crippen molar-refractivity contribution in [3.8, 4) is 5.75 Å². The molecule has 2 N–H and O–H groups in total. The zero-order chi connectivity index (χ0) is 10.4. The first-order valence-corrected chi connectivity index (χ1v) is 5.41. The Bertz CT molecular complexity index is 295. The van der Waals surface area contributed by atoms with Crippen molar-refractivity contribution in [2.45, 2.75) is 6.42 Å². The van der Waals surface area contributed by atoms with Gasteiger partial charge >= 0.3 is 5.97 Å². The Morgan fingerprint density at radius 2 is 1.93 bits per heavy atom. The van der Waals surface area contributed by atoms with Crippen molar-refractivity contribution < 1.29 is 15.0 Å². The van der Waals surface area contributed by atoms with E-state index < -0.39 is 5.97 Å². The normalized spacial score (nSPS) is 10.0. The van der Waals surface area contributed by atoms with Crippen LogP contribution in [0.15, 0.2) is 24.3 Å². The highest BCUT2D eigenvalue weighted by atomic mass is 32.2. The molecule has 1 rings (SSSR count). The minimum Gasteiger partial charge on any atom is -0.508 e. The molecule has 0 amide bonds. The van der Waals surface area contributed by atoms with Crippen molar-refractivity contribution in [2.75, 3.05) is 11.5 Å². The lowest BCUT2D eigenvalue weighted by molar-refractivity contribution is -0.133. The standard InChI is InChI=1S/C10H12O3S/c11-9-3-1-8(2-4-9)5-6-14-7-10(12)13/h1-4,11H,5-7H2,(H,12,13). The molecule has 0 aromatic heterocycles. The fraction of sp³-hybridized carbons (Fsp3) is 0.300. The van der Waals surface area contributed by atoms with E-state index >= 15 is 0 Å². The van der Waals surface area contributed by atoms with Crippen LogP contribution in [0.2, 0.25) is 0 Å². The Labute approximate surface area is 86.8 Å². The predicted molar refractivity (Wildman–Crippen MR) is 56.8 cm³/mol. The van der Waals surface area contributed by atoms with Gasteiger partial charge in [-0.25, -0.2) is 0 Å². The Hall–Kier alpha value is -1.16. The molecule has 0 aliphatic heterocycles. The maximum Gasteiger partial charge on any atom is 0.313 e. The summed E-state index contributed by atoms with van der Waals surface area (Å²) >= 11 is 1.40. The summed E-state index contributed by atoms with van der Waals surface area (Å²) in [6.07, 6.45) is 0.832. The second-order valence-corrected chi connectivity index (χ2v) is 3.97. The van der Waals surface area contributed by atoms with E-state index in [-0.39, 0.29) is 11.5 Å². The summed E-state index contributed by atoms with van der Waals surface area (Å²) in [6, 6.07) is 6.96. The van der Waals surface area contributed by atoms with Gasteiger partial charge in [0.15, 0.2) is 0 Å². The summed E-state index contributed by atoms with van der Waals surface area (Å²) in [7, 11) is 0. The second kappa shape index (κ2) is 5.54. The van der Waals surface area contributed by atoms with Crippen LogP contribution in [0.3, 0.4) is 0 Å². The zero-order valence-electron chi connectivity index (χ0n) is 7.64. The maximum absolute atomic E-state index is 10.2. The molecule has 14 heavy (non-hydrogen) atoms. The maximum atomic E-state index is 10.2. The minimum absolute atomic E-state index is 0.151.